The van der Waals surface area contributed by atoms with Crippen LogP contribution in [0.3, 0.4) is 0 Å². The first-order chi connectivity index (χ1) is 8.08. The van der Waals surface area contributed by atoms with Crippen LogP contribution in [0.25, 0.3) is 0 Å². The Balaban J connectivity index is 2.57. The van der Waals surface area contributed by atoms with Crippen LogP contribution >= 0.6 is 11.3 Å². The quantitative estimate of drug-likeness (QED) is 0.801. The van der Waals surface area contributed by atoms with E-state index in [9.17, 15) is 0 Å². The van der Waals surface area contributed by atoms with Gasteiger partial charge in [0.1, 0.15) is 0 Å². The van der Waals surface area contributed by atoms with E-state index in [1.807, 2.05) is 25.9 Å². The molecule has 1 N–H and O–H groups in total. The monoisotopic (exact) mass is 259 g/mol. The van der Waals surface area contributed by atoms with Crippen LogP contribution in [0.4, 0.5) is 5.13 Å². The molecule has 0 saturated heterocycles. The molecule has 0 bridgehead atoms. The van der Waals surface area contributed by atoms with E-state index in [1.165, 1.54) is 0 Å². The zero-order valence-corrected chi connectivity index (χ0v) is 11.9. The molecule has 1 aromatic heterocycles. The average molecular weight is 259 g/mol. The number of hydrogen-bond donors (Lipinski definition) is 1. The summed E-state index contributed by atoms with van der Waals surface area (Å²) in [6.45, 7) is 3.60. The SMILES string of the molecule is COc1nc(N(C)C)sc1CNCC(C)OC. The van der Waals surface area contributed by atoms with Crippen LogP contribution in [0, 0.1) is 0 Å². The minimum Gasteiger partial charge on any atom is -0.480 e. The number of anilines is 1. The molecule has 5 nitrogen and oxygen atoms in total. The van der Waals surface area contributed by atoms with Crippen molar-refractivity contribution in [1.29, 1.82) is 0 Å². The van der Waals surface area contributed by atoms with Gasteiger partial charge in [0, 0.05) is 34.3 Å². The van der Waals surface area contributed by atoms with Crippen molar-refractivity contribution in [3.8, 4) is 5.88 Å². The van der Waals surface area contributed by atoms with Gasteiger partial charge < -0.3 is 19.7 Å². The van der Waals surface area contributed by atoms with Crippen LogP contribution in [-0.4, -0.2) is 45.9 Å². The molecule has 17 heavy (non-hydrogen) atoms. The third-order valence-corrected chi connectivity index (χ3v) is 3.55. The van der Waals surface area contributed by atoms with Gasteiger partial charge in [-0.1, -0.05) is 11.3 Å². The predicted octanol–water partition coefficient (Wildman–Crippen LogP) is 1.34. The van der Waals surface area contributed by atoms with Gasteiger partial charge in [-0.05, 0) is 6.92 Å². The zero-order valence-electron chi connectivity index (χ0n) is 11.1. The number of nitrogens with zero attached hydrogens (tertiary/aromatic N) is 2. The molecule has 0 aliphatic carbocycles. The van der Waals surface area contributed by atoms with E-state index in [-0.39, 0.29) is 6.10 Å². The smallest absolute Gasteiger partial charge is 0.230 e. The molecular formula is C11H21N3O2S. The van der Waals surface area contributed by atoms with Crippen molar-refractivity contribution in [2.24, 2.45) is 0 Å². The summed E-state index contributed by atoms with van der Waals surface area (Å²) in [4.78, 5) is 7.49. The molecule has 1 atom stereocenters. The van der Waals surface area contributed by atoms with Crippen molar-refractivity contribution in [3.63, 3.8) is 0 Å². The van der Waals surface area contributed by atoms with Gasteiger partial charge in [0.2, 0.25) is 5.88 Å². The minimum atomic E-state index is 0.210. The number of ether oxygens (including phenoxy) is 2. The van der Waals surface area contributed by atoms with E-state index in [0.29, 0.717) is 5.88 Å². The second-order valence-electron chi connectivity index (χ2n) is 4.00. The summed E-state index contributed by atoms with van der Waals surface area (Å²) in [6.07, 6.45) is 0.210. The Bertz CT molecular complexity index is 341. The minimum absolute atomic E-state index is 0.210. The molecule has 0 amide bonds. The van der Waals surface area contributed by atoms with E-state index in [0.717, 1.165) is 23.1 Å². The predicted molar refractivity (Wildman–Crippen MR) is 71.2 cm³/mol. The van der Waals surface area contributed by atoms with Crippen LogP contribution < -0.4 is 15.0 Å². The number of nitrogens with one attached hydrogen (secondary N) is 1. The second kappa shape index (κ2) is 6.78. The summed E-state index contributed by atoms with van der Waals surface area (Å²) in [5.74, 6) is 0.705. The van der Waals surface area contributed by atoms with Gasteiger partial charge in [-0.2, -0.15) is 4.98 Å². The average Bonchev–Trinajstić information content (AvgIpc) is 2.72. The standard InChI is InChI=1S/C11H21N3O2S/c1-8(15-4)6-12-7-9-10(16-5)13-11(17-9)14(2)3/h8,12H,6-7H2,1-5H3. The maximum Gasteiger partial charge on any atom is 0.230 e. The lowest BCUT2D eigenvalue weighted by Crippen LogP contribution is -2.25. The van der Waals surface area contributed by atoms with Gasteiger partial charge in [-0.25, -0.2) is 0 Å². The Morgan fingerprint density at radius 2 is 2.12 bits per heavy atom. The van der Waals surface area contributed by atoms with E-state index in [4.69, 9.17) is 9.47 Å². The fraction of sp³-hybridized carbons (Fsp3) is 0.727. The molecular weight excluding hydrogens is 238 g/mol. The van der Waals surface area contributed by atoms with Crippen LogP contribution in [0.1, 0.15) is 11.8 Å². The molecule has 0 fully saturated rings. The molecule has 0 radical (unpaired) electrons. The van der Waals surface area contributed by atoms with E-state index in [1.54, 1.807) is 25.6 Å². The molecule has 0 saturated carbocycles. The van der Waals surface area contributed by atoms with E-state index >= 15 is 0 Å². The first-order valence-electron chi connectivity index (χ1n) is 5.53. The zero-order chi connectivity index (χ0) is 12.8. The van der Waals surface area contributed by atoms with Crippen LogP contribution in [-0.2, 0) is 11.3 Å². The largest absolute Gasteiger partial charge is 0.480 e. The summed E-state index contributed by atoms with van der Waals surface area (Å²) in [6, 6.07) is 0. The van der Waals surface area contributed by atoms with Gasteiger partial charge in [0.05, 0.1) is 18.1 Å². The molecule has 1 heterocycles. The highest BCUT2D eigenvalue weighted by atomic mass is 32.1. The summed E-state index contributed by atoms with van der Waals surface area (Å²) in [5.41, 5.74) is 0. The highest BCUT2D eigenvalue weighted by molar-refractivity contribution is 7.15. The van der Waals surface area contributed by atoms with Gasteiger partial charge in [-0.15, -0.1) is 0 Å². The van der Waals surface area contributed by atoms with Crippen LogP contribution in [0.5, 0.6) is 5.88 Å². The number of hydrogen-bond acceptors (Lipinski definition) is 6. The van der Waals surface area contributed by atoms with E-state index in [2.05, 4.69) is 10.3 Å². The molecule has 0 aliphatic rings. The number of rotatable bonds is 7. The molecule has 98 valence electrons. The summed E-state index contributed by atoms with van der Waals surface area (Å²) < 4.78 is 10.4. The van der Waals surface area contributed by atoms with Crippen molar-refractivity contribution >= 4 is 16.5 Å². The van der Waals surface area contributed by atoms with Crippen molar-refractivity contribution in [2.45, 2.75) is 19.6 Å². The lowest BCUT2D eigenvalue weighted by Gasteiger charge is -2.10. The van der Waals surface area contributed by atoms with Gasteiger partial charge >= 0.3 is 0 Å². The van der Waals surface area contributed by atoms with Crippen molar-refractivity contribution in [2.75, 3.05) is 39.8 Å². The van der Waals surface area contributed by atoms with Crippen molar-refractivity contribution in [3.05, 3.63) is 4.88 Å². The summed E-state index contributed by atoms with van der Waals surface area (Å²) in [5, 5.41) is 4.28. The summed E-state index contributed by atoms with van der Waals surface area (Å²) >= 11 is 1.64. The first kappa shape index (κ1) is 14.2. The maximum atomic E-state index is 5.26. The number of aromatic nitrogens is 1. The number of thiazole rings is 1. The van der Waals surface area contributed by atoms with Gasteiger partial charge in [-0.3, -0.25) is 0 Å². The third kappa shape index (κ3) is 4.14. The maximum absolute atomic E-state index is 5.26. The normalized spacial score (nSPS) is 12.5. The molecule has 0 aromatic carbocycles. The third-order valence-electron chi connectivity index (χ3n) is 2.35. The van der Waals surface area contributed by atoms with E-state index < -0.39 is 0 Å². The van der Waals surface area contributed by atoms with Crippen LogP contribution in [0.15, 0.2) is 0 Å². The Hall–Kier alpha value is -0.850. The molecule has 6 heteroatoms. The molecule has 1 unspecified atom stereocenters. The fourth-order valence-electron chi connectivity index (χ4n) is 1.26. The highest BCUT2D eigenvalue weighted by Crippen LogP contribution is 2.30. The van der Waals surface area contributed by atoms with Gasteiger partial charge in [0.15, 0.2) is 5.13 Å². The molecule has 1 aromatic rings. The highest BCUT2D eigenvalue weighted by Gasteiger charge is 2.12. The lowest BCUT2D eigenvalue weighted by atomic mass is 10.4. The topological polar surface area (TPSA) is 46.6 Å². The van der Waals surface area contributed by atoms with Crippen molar-refractivity contribution < 1.29 is 9.47 Å². The molecule has 0 spiro atoms. The lowest BCUT2D eigenvalue weighted by molar-refractivity contribution is 0.117. The second-order valence-corrected chi connectivity index (χ2v) is 5.06. The summed E-state index contributed by atoms with van der Waals surface area (Å²) in [7, 11) is 7.31. The molecule has 0 aliphatic heterocycles. The Kier molecular flexibility index (Phi) is 5.67. The fourth-order valence-corrected chi connectivity index (χ4v) is 2.18. The Labute approximate surface area is 107 Å². The van der Waals surface area contributed by atoms with Crippen molar-refractivity contribution in [1.82, 2.24) is 10.3 Å². The Morgan fingerprint density at radius 1 is 1.41 bits per heavy atom. The van der Waals surface area contributed by atoms with Crippen LogP contribution in [0.2, 0.25) is 0 Å². The van der Waals surface area contributed by atoms with Gasteiger partial charge in [0.25, 0.3) is 0 Å². The Morgan fingerprint density at radius 3 is 2.65 bits per heavy atom. The first-order valence-corrected chi connectivity index (χ1v) is 6.34. The number of methoxy groups -OCH3 is 2. The molecule has 1 rings (SSSR count).